The van der Waals surface area contributed by atoms with Crippen LogP contribution in [0.1, 0.15) is 43.0 Å². The maximum absolute atomic E-state index is 14.1. The number of carbonyl (C=O) groups is 1. The molecule has 0 radical (unpaired) electrons. The Bertz CT molecular complexity index is 493. The van der Waals surface area contributed by atoms with Crippen molar-refractivity contribution in [3.63, 3.8) is 0 Å². The summed E-state index contributed by atoms with van der Waals surface area (Å²) in [5.74, 6) is 0.342. The first-order valence-electron chi connectivity index (χ1n) is 7.11. The molecule has 0 aromatic heterocycles. The fourth-order valence-electron chi connectivity index (χ4n) is 2.93. The number of methoxy groups -OCH3 is 1. The standard InChI is InChI=1S/C16H22FNO2/c1-11-5-7-16(10-18,8-6-11)15(19)13-4-3-12(20-2)9-14(13)17/h3-4,9,11H,5-8,10,18H2,1-2H3. The highest BCUT2D eigenvalue weighted by Gasteiger charge is 2.41. The van der Waals surface area contributed by atoms with Crippen LogP contribution in [0, 0.1) is 17.2 Å². The highest BCUT2D eigenvalue weighted by Crippen LogP contribution is 2.41. The van der Waals surface area contributed by atoms with Crippen LogP contribution in [0.4, 0.5) is 4.39 Å². The van der Waals surface area contributed by atoms with E-state index in [1.165, 1.54) is 19.2 Å². The monoisotopic (exact) mass is 279 g/mol. The van der Waals surface area contributed by atoms with Gasteiger partial charge in [0.25, 0.3) is 0 Å². The third kappa shape index (κ3) is 2.70. The van der Waals surface area contributed by atoms with E-state index in [4.69, 9.17) is 10.5 Å². The Balaban J connectivity index is 2.29. The molecule has 2 N–H and O–H groups in total. The van der Waals surface area contributed by atoms with E-state index in [-0.39, 0.29) is 17.9 Å². The van der Waals surface area contributed by atoms with E-state index in [0.717, 1.165) is 25.7 Å². The summed E-state index contributed by atoms with van der Waals surface area (Å²) in [4.78, 5) is 12.7. The zero-order chi connectivity index (χ0) is 14.8. The Kier molecular flexibility index (Phi) is 4.43. The van der Waals surface area contributed by atoms with Gasteiger partial charge in [-0.15, -0.1) is 0 Å². The fraction of sp³-hybridized carbons (Fsp3) is 0.562. The van der Waals surface area contributed by atoms with Gasteiger partial charge in [0.2, 0.25) is 0 Å². The number of ether oxygens (including phenoxy) is 1. The van der Waals surface area contributed by atoms with Crippen molar-refractivity contribution in [1.29, 1.82) is 0 Å². The molecule has 0 spiro atoms. The molecule has 0 atom stereocenters. The van der Waals surface area contributed by atoms with Crippen LogP contribution in [-0.4, -0.2) is 19.4 Å². The molecule has 0 unspecified atom stereocenters. The van der Waals surface area contributed by atoms with E-state index in [2.05, 4.69) is 6.92 Å². The highest BCUT2D eigenvalue weighted by atomic mass is 19.1. The molecule has 0 bridgehead atoms. The number of Topliss-reactive ketones (excluding diaryl/α,β-unsaturated/α-hetero) is 1. The topological polar surface area (TPSA) is 52.3 Å². The average molecular weight is 279 g/mol. The first-order valence-corrected chi connectivity index (χ1v) is 7.11. The van der Waals surface area contributed by atoms with Gasteiger partial charge >= 0.3 is 0 Å². The Morgan fingerprint density at radius 1 is 1.45 bits per heavy atom. The summed E-state index contributed by atoms with van der Waals surface area (Å²) in [6.45, 7) is 2.46. The molecule has 4 heteroatoms. The molecule has 0 aliphatic heterocycles. The fourth-order valence-corrected chi connectivity index (χ4v) is 2.93. The summed E-state index contributed by atoms with van der Waals surface area (Å²) >= 11 is 0. The number of benzene rings is 1. The normalized spacial score (nSPS) is 26.3. The minimum Gasteiger partial charge on any atom is -0.497 e. The van der Waals surface area contributed by atoms with Gasteiger partial charge in [0.15, 0.2) is 5.78 Å². The van der Waals surface area contributed by atoms with Gasteiger partial charge in [-0.1, -0.05) is 6.92 Å². The molecular formula is C16H22FNO2. The first kappa shape index (κ1) is 15.0. The van der Waals surface area contributed by atoms with Crippen LogP contribution >= 0.6 is 0 Å². The maximum atomic E-state index is 14.1. The van der Waals surface area contributed by atoms with Crippen molar-refractivity contribution < 1.29 is 13.9 Å². The Morgan fingerprint density at radius 3 is 2.60 bits per heavy atom. The molecule has 2 rings (SSSR count). The maximum Gasteiger partial charge on any atom is 0.173 e. The second-order valence-corrected chi connectivity index (χ2v) is 5.84. The van der Waals surface area contributed by atoms with Gasteiger partial charge in [-0.05, 0) is 43.7 Å². The molecule has 0 heterocycles. The van der Waals surface area contributed by atoms with Gasteiger partial charge in [0, 0.05) is 18.0 Å². The highest BCUT2D eigenvalue weighted by molar-refractivity contribution is 6.01. The van der Waals surface area contributed by atoms with Gasteiger partial charge < -0.3 is 10.5 Å². The molecular weight excluding hydrogens is 257 g/mol. The van der Waals surface area contributed by atoms with Crippen molar-refractivity contribution in [2.24, 2.45) is 17.1 Å². The molecule has 1 fully saturated rings. The summed E-state index contributed by atoms with van der Waals surface area (Å²) in [6.07, 6.45) is 3.44. The van der Waals surface area contributed by atoms with E-state index < -0.39 is 11.2 Å². The molecule has 1 aromatic carbocycles. The van der Waals surface area contributed by atoms with Crippen molar-refractivity contribution in [2.45, 2.75) is 32.6 Å². The smallest absolute Gasteiger partial charge is 0.173 e. The van der Waals surface area contributed by atoms with E-state index in [9.17, 15) is 9.18 Å². The molecule has 0 amide bonds. The van der Waals surface area contributed by atoms with Gasteiger partial charge in [-0.2, -0.15) is 0 Å². The lowest BCUT2D eigenvalue weighted by molar-refractivity contribution is 0.0691. The third-order valence-electron chi connectivity index (χ3n) is 4.52. The first-order chi connectivity index (χ1) is 9.52. The number of nitrogens with two attached hydrogens (primary N) is 1. The summed E-state index contributed by atoms with van der Waals surface area (Å²) in [5.41, 5.74) is 5.40. The van der Waals surface area contributed by atoms with Crippen LogP contribution in [0.15, 0.2) is 18.2 Å². The van der Waals surface area contributed by atoms with Crippen LogP contribution in [0.25, 0.3) is 0 Å². The van der Waals surface area contributed by atoms with Gasteiger partial charge in [-0.25, -0.2) is 4.39 Å². The molecule has 3 nitrogen and oxygen atoms in total. The molecule has 1 aliphatic rings. The van der Waals surface area contributed by atoms with Gasteiger partial charge in [0.1, 0.15) is 11.6 Å². The second-order valence-electron chi connectivity index (χ2n) is 5.84. The number of hydrogen-bond donors (Lipinski definition) is 1. The summed E-state index contributed by atoms with van der Waals surface area (Å²) in [5, 5.41) is 0. The lowest BCUT2D eigenvalue weighted by Gasteiger charge is -2.37. The SMILES string of the molecule is COc1ccc(C(=O)C2(CN)CCC(C)CC2)c(F)c1. The Labute approximate surface area is 119 Å². The van der Waals surface area contributed by atoms with Gasteiger partial charge in [-0.3, -0.25) is 4.79 Å². The van der Waals surface area contributed by atoms with Crippen LogP contribution in [0.5, 0.6) is 5.75 Å². The van der Waals surface area contributed by atoms with Crippen molar-refractivity contribution in [3.05, 3.63) is 29.6 Å². The van der Waals surface area contributed by atoms with Crippen LogP contribution in [-0.2, 0) is 0 Å². The van der Waals surface area contributed by atoms with Crippen LogP contribution in [0.2, 0.25) is 0 Å². The van der Waals surface area contributed by atoms with E-state index in [1.807, 2.05) is 0 Å². The zero-order valence-electron chi connectivity index (χ0n) is 12.1. The van der Waals surface area contributed by atoms with E-state index in [0.29, 0.717) is 11.7 Å². The minimum atomic E-state index is -0.595. The van der Waals surface area contributed by atoms with Crippen LogP contribution in [0.3, 0.4) is 0 Å². The van der Waals surface area contributed by atoms with E-state index >= 15 is 0 Å². The molecule has 20 heavy (non-hydrogen) atoms. The number of rotatable bonds is 4. The molecule has 1 saturated carbocycles. The summed E-state index contributed by atoms with van der Waals surface area (Å²) in [7, 11) is 1.47. The minimum absolute atomic E-state index is 0.130. The van der Waals surface area contributed by atoms with Gasteiger partial charge in [0.05, 0.1) is 12.7 Å². The molecule has 1 aliphatic carbocycles. The number of hydrogen-bond acceptors (Lipinski definition) is 3. The van der Waals surface area contributed by atoms with Crippen molar-refractivity contribution in [1.82, 2.24) is 0 Å². The van der Waals surface area contributed by atoms with Crippen molar-refractivity contribution >= 4 is 5.78 Å². The summed E-state index contributed by atoms with van der Waals surface area (Å²) < 4.78 is 19.0. The largest absolute Gasteiger partial charge is 0.497 e. The third-order valence-corrected chi connectivity index (χ3v) is 4.52. The van der Waals surface area contributed by atoms with Crippen LogP contribution < -0.4 is 10.5 Å². The Hall–Kier alpha value is -1.42. The Morgan fingerprint density at radius 2 is 2.10 bits per heavy atom. The van der Waals surface area contributed by atoms with Crippen molar-refractivity contribution in [2.75, 3.05) is 13.7 Å². The summed E-state index contributed by atoms with van der Waals surface area (Å²) in [6, 6.07) is 4.38. The number of carbonyl (C=O) groups excluding carboxylic acids is 1. The quantitative estimate of drug-likeness (QED) is 0.861. The lowest BCUT2D eigenvalue weighted by atomic mass is 9.67. The second kappa shape index (κ2) is 5.92. The predicted molar refractivity (Wildman–Crippen MR) is 76.4 cm³/mol. The molecule has 1 aromatic rings. The van der Waals surface area contributed by atoms with E-state index in [1.54, 1.807) is 6.07 Å². The molecule has 110 valence electrons. The number of halogens is 1. The molecule has 0 saturated heterocycles. The van der Waals surface area contributed by atoms with Crippen molar-refractivity contribution in [3.8, 4) is 5.75 Å². The predicted octanol–water partition coefficient (Wildman–Crippen LogP) is 3.17. The lowest BCUT2D eigenvalue weighted by Crippen LogP contribution is -2.42. The average Bonchev–Trinajstić information content (AvgIpc) is 2.47. The zero-order valence-corrected chi connectivity index (χ0v) is 12.1. The number of ketones is 1.